The fourth-order valence-electron chi connectivity index (χ4n) is 5.23. The van der Waals surface area contributed by atoms with Gasteiger partial charge in [0.1, 0.15) is 5.75 Å². The van der Waals surface area contributed by atoms with Gasteiger partial charge in [0.05, 0.1) is 13.7 Å². The van der Waals surface area contributed by atoms with Crippen LogP contribution in [0.15, 0.2) is 78.9 Å². The smallest absolute Gasteiger partial charge is 0.411 e. The van der Waals surface area contributed by atoms with Crippen molar-refractivity contribution in [3.05, 3.63) is 95.6 Å². The third kappa shape index (κ3) is 8.85. The maximum Gasteiger partial charge on any atom is 0.411 e. The van der Waals surface area contributed by atoms with Crippen molar-refractivity contribution in [2.75, 3.05) is 19.0 Å². The van der Waals surface area contributed by atoms with E-state index in [1.54, 1.807) is 7.11 Å². The Labute approximate surface area is 262 Å². The van der Waals surface area contributed by atoms with Crippen molar-refractivity contribution in [3.8, 4) is 16.9 Å². The van der Waals surface area contributed by atoms with Crippen molar-refractivity contribution in [1.29, 1.82) is 0 Å². The van der Waals surface area contributed by atoms with Crippen LogP contribution in [0.5, 0.6) is 5.75 Å². The van der Waals surface area contributed by atoms with E-state index in [0.29, 0.717) is 17.9 Å². The molecule has 2 N–H and O–H groups in total. The first-order valence-corrected chi connectivity index (χ1v) is 15.4. The molecule has 4 rings (SSSR count). The van der Waals surface area contributed by atoms with Gasteiger partial charge in [0.15, 0.2) is 0 Å². The maximum atomic E-state index is 13.2. The van der Waals surface area contributed by atoms with E-state index in [2.05, 4.69) is 61.7 Å². The highest BCUT2D eigenvalue weighted by molar-refractivity contribution is 5.98. The average molecular weight is 595 g/mol. The molecule has 0 aliphatic rings. The van der Waals surface area contributed by atoms with Crippen molar-refractivity contribution < 1.29 is 19.1 Å². The van der Waals surface area contributed by atoms with Crippen LogP contribution in [0, 0.1) is 0 Å². The third-order valence-corrected chi connectivity index (χ3v) is 7.44. The minimum atomic E-state index is -0.450. The number of rotatable bonds is 10. The molecule has 0 bridgehead atoms. The van der Waals surface area contributed by atoms with Crippen molar-refractivity contribution in [1.82, 2.24) is 5.32 Å². The lowest BCUT2D eigenvalue weighted by Gasteiger charge is -2.26. The normalized spacial score (nSPS) is 11.7. The summed E-state index contributed by atoms with van der Waals surface area (Å²) in [5, 5.41) is 7.92. The number of methoxy groups -OCH3 is 1. The molecule has 0 saturated carbocycles. The van der Waals surface area contributed by atoms with Crippen LogP contribution in [0.3, 0.4) is 0 Å². The fraction of sp³-hybridized carbons (Fsp3) is 0.368. The zero-order valence-electron chi connectivity index (χ0n) is 27.2. The van der Waals surface area contributed by atoms with Gasteiger partial charge in [-0.25, -0.2) is 4.79 Å². The van der Waals surface area contributed by atoms with Gasteiger partial charge in [-0.3, -0.25) is 10.1 Å². The van der Waals surface area contributed by atoms with Crippen molar-refractivity contribution in [2.24, 2.45) is 0 Å². The summed E-state index contributed by atoms with van der Waals surface area (Å²) in [5.41, 5.74) is 4.76. The molecule has 232 valence electrons. The van der Waals surface area contributed by atoms with Gasteiger partial charge >= 0.3 is 6.09 Å². The highest BCUT2D eigenvalue weighted by atomic mass is 16.5. The molecule has 0 heterocycles. The highest BCUT2D eigenvalue weighted by Gasteiger charge is 2.26. The predicted molar refractivity (Wildman–Crippen MR) is 181 cm³/mol. The summed E-state index contributed by atoms with van der Waals surface area (Å²) in [6.07, 6.45) is 3.49. The summed E-state index contributed by atoms with van der Waals surface area (Å²) >= 11 is 0. The van der Waals surface area contributed by atoms with Gasteiger partial charge in [0.2, 0.25) is 0 Å². The number of carbonyl (C=O) groups excluding carboxylic acids is 2. The standard InChI is InChI=1S/C38H46N2O4/c1-37(2,3)33-25-30(35(41)40-38(4,5)6)24-32(34(33)43-7)29-18-17-28-23-31(20-19-27(28)22-29)39-36(42)44-21-13-9-12-16-26-14-10-8-11-15-26/h8,10-11,14-15,17-20,22-25H,9,12-13,16,21H2,1-7H3,(H,39,42)(H,40,41). The van der Waals surface area contributed by atoms with E-state index in [9.17, 15) is 9.59 Å². The number of fused-ring (bicyclic) bond motifs is 1. The van der Waals surface area contributed by atoms with Crippen molar-refractivity contribution in [2.45, 2.75) is 78.2 Å². The van der Waals surface area contributed by atoms with Crippen molar-refractivity contribution >= 4 is 28.5 Å². The Balaban J connectivity index is 1.46. The molecule has 2 amide bonds. The summed E-state index contributed by atoms with van der Waals surface area (Å²) < 4.78 is 11.4. The number of benzene rings is 4. The molecule has 0 spiro atoms. The van der Waals surface area contributed by atoms with Crippen LogP contribution in [-0.4, -0.2) is 31.3 Å². The highest BCUT2D eigenvalue weighted by Crippen LogP contribution is 2.41. The number of nitrogens with one attached hydrogen (secondary N) is 2. The topological polar surface area (TPSA) is 76.7 Å². The first kappa shape index (κ1) is 32.6. The van der Waals surface area contributed by atoms with Crippen LogP contribution in [0.1, 0.15) is 82.3 Å². The van der Waals surface area contributed by atoms with E-state index >= 15 is 0 Å². The number of amides is 2. The Morgan fingerprint density at radius 3 is 2.16 bits per heavy atom. The first-order valence-electron chi connectivity index (χ1n) is 15.4. The van der Waals surface area contributed by atoms with Crippen LogP contribution in [0.4, 0.5) is 10.5 Å². The van der Waals surface area contributed by atoms with Crippen LogP contribution in [-0.2, 0) is 16.6 Å². The molecule has 4 aromatic rings. The number of hydrogen-bond acceptors (Lipinski definition) is 4. The second-order valence-electron chi connectivity index (χ2n) is 13.4. The Hall–Kier alpha value is -4.32. The van der Waals surface area contributed by atoms with E-state index in [1.807, 2.05) is 69.3 Å². The van der Waals surface area contributed by atoms with Crippen molar-refractivity contribution in [3.63, 3.8) is 0 Å². The van der Waals surface area contributed by atoms with Gasteiger partial charge in [-0.1, -0.05) is 69.3 Å². The van der Waals surface area contributed by atoms with E-state index < -0.39 is 6.09 Å². The van der Waals surface area contributed by atoms with Gasteiger partial charge in [-0.2, -0.15) is 0 Å². The number of aryl methyl sites for hydroxylation is 1. The number of anilines is 1. The molecule has 6 heteroatoms. The van der Waals surface area contributed by atoms with Gasteiger partial charge in [0.25, 0.3) is 5.91 Å². The van der Waals surface area contributed by atoms with Crippen LogP contribution in [0.25, 0.3) is 21.9 Å². The molecular formula is C38H46N2O4. The molecule has 0 atom stereocenters. The molecule has 0 aromatic heterocycles. The molecule has 0 radical (unpaired) electrons. The predicted octanol–water partition coefficient (Wildman–Crippen LogP) is 9.30. The molecule has 6 nitrogen and oxygen atoms in total. The minimum absolute atomic E-state index is 0.123. The van der Waals surface area contributed by atoms with Gasteiger partial charge < -0.3 is 14.8 Å². The van der Waals surface area contributed by atoms with Crippen LogP contribution >= 0.6 is 0 Å². The summed E-state index contributed by atoms with van der Waals surface area (Å²) in [6, 6.07) is 26.2. The SMILES string of the molecule is COc1c(-c2ccc3cc(NC(=O)OCCCCCc4ccccc4)ccc3c2)cc(C(=O)NC(C)(C)C)cc1C(C)(C)C. The molecule has 0 aliphatic carbocycles. The first-order chi connectivity index (χ1) is 20.8. The number of hydrogen-bond donors (Lipinski definition) is 2. The second kappa shape index (κ2) is 14.0. The number of unbranched alkanes of at least 4 members (excludes halogenated alkanes) is 2. The Kier molecular flexibility index (Phi) is 10.4. The van der Waals surface area contributed by atoms with E-state index in [4.69, 9.17) is 9.47 Å². The molecule has 4 aromatic carbocycles. The van der Waals surface area contributed by atoms with Gasteiger partial charge in [-0.15, -0.1) is 0 Å². The Morgan fingerprint density at radius 2 is 1.48 bits per heavy atom. The lowest BCUT2D eigenvalue weighted by Crippen LogP contribution is -2.40. The number of ether oxygens (including phenoxy) is 2. The molecular weight excluding hydrogens is 548 g/mol. The molecule has 0 unspecified atom stereocenters. The summed E-state index contributed by atoms with van der Waals surface area (Å²) in [4.78, 5) is 25.6. The maximum absolute atomic E-state index is 13.2. The summed E-state index contributed by atoms with van der Waals surface area (Å²) in [6.45, 7) is 12.7. The molecule has 0 aliphatic heterocycles. The van der Waals surface area contributed by atoms with E-state index in [1.165, 1.54) is 5.56 Å². The van der Waals surface area contributed by atoms with Crippen LogP contribution < -0.4 is 15.4 Å². The number of carbonyl (C=O) groups is 2. The van der Waals surface area contributed by atoms with Crippen LogP contribution in [0.2, 0.25) is 0 Å². The zero-order valence-corrected chi connectivity index (χ0v) is 27.2. The fourth-order valence-corrected chi connectivity index (χ4v) is 5.23. The zero-order chi connectivity index (χ0) is 31.9. The average Bonchev–Trinajstić information content (AvgIpc) is 2.97. The van der Waals surface area contributed by atoms with E-state index in [-0.39, 0.29) is 16.9 Å². The molecule has 0 saturated heterocycles. The lowest BCUT2D eigenvalue weighted by molar-refractivity contribution is 0.0919. The lowest BCUT2D eigenvalue weighted by atomic mass is 9.82. The second-order valence-corrected chi connectivity index (χ2v) is 13.4. The largest absolute Gasteiger partial charge is 0.496 e. The van der Waals surface area contributed by atoms with E-state index in [0.717, 1.165) is 58.9 Å². The van der Waals surface area contributed by atoms with Gasteiger partial charge in [0, 0.05) is 27.9 Å². The molecule has 0 fully saturated rings. The monoisotopic (exact) mass is 594 g/mol. The summed E-state index contributed by atoms with van der Waals surface area (Å²) in [5.74, 6) is 0.632. The summed E-state index contributed by atoms with van der Waals surface area (Å²) in [7, 11) is 1.67. The molecule has 44 heavy (non-hydrogen) atoms. The quantitative estimate of drug-likeness (QED) is 0.179. The third-order valence-electron chi connectivity index (χ3n) is 7.44. The minimum Gasteiger partial charge on any atom is -0.496 e. The Bertz CT molecular complexity index is 1600. The van der Waals surface area contributed by atoms with Gasteiger partial charge in [-0.05, 0) is 104 Å². The Morgan fingerprint density at radius 1 is 0.773 bits per heavy atom.